The van der Waals surface area contributed by atoms with E-state index in [4.69, 9.17) is 4.74 Å². The number of ether oxygens (including phenoxy) is 1. The van der Waals surface area contributed by atoms with Gasteiger partial charge in [-0.1, -0.05) is 29.8 Å². The molecule has 0 aromatic heterocycles. The average Bonchev–Trinajstić information content (AvgIpc) is 2.40. The maximum atomic E-state index is 10.4. The molecule has 0 aliphatic carbocycles. The lowest BCUT2D eigenvalue weighted by Crippen LogP contribution is -2.12. The fraction of sp³-hybridized carbons (Fsp3) is 0.368. The quantitative estimate of drug-likeness (QED) is 0.905. The van der Waals surface area contributed by atoms with Gasteiger partial charge in [-0.2, -0.15) is 0 Å². The molecule has 21 heavy (non-hydrogen) atoms. The van der Waals surface area contributed by atoms with Crippen molar-refractivity contribution in [3.05, 3.63) is 63.7 Å². The molecule has 2 nitrogen and oxygen atoms in total. The molecule has 0 saturated heterocycles. The van der Waals surface area contributed by atoms with Gasteiger partial charge in [0.15, 0.2) is 0 Å². The fourth-order valence-electron chi connectivity index (χ4n) is 2.61. The van der Waals surface area contributed by atoms with Crippen molar-refractivity contribution in [3.8, 4) is 5.75 Å². The Bertz CT molecular complexity index is 644. The molecule has 0 saturated carbocycles. The van der Waals surface area contributed by atoms with Crippen LogP contribution < -0.4 is 4.74 Å². The summed E-state index contributed by atoms with van der Waals surface area (Å²) < 4.78 is 5.85. The number of aryl methyl sites for hydroxylation is 4. The van der Waals surface area contributed by atoms with E-state index in [-0.39, 0.29) is 6.61 Å². The Morgan fingerprint density at radius 1 is 0.905 bits per heavy atom. The Hall–Kier alpha value is -1.80. The first-order chi connectivity index (χ1) is 9.88. The highest BCUT2D eigenvalue weighted by atomic mass is 16.5. The Labute approximate surface area is 127 Å². The second-order valence-corrected chi connectivity index (χ2v) is 5.89. The molecule has 0 amide bonds. The Balaban J connectivity index is 2.12. The second-order valence-electron chi connectivity index (χ2n) is 5.89. The number of hydrogen-bond donors (Lipinski definition) is 1. The van der Waals surface area contributed by atoms with Gasteiger partial charge in [-0.05, 0) is 68.5 Å². The van der Waals surface area contributed by atoms with E-state index in [1.165, 1.54) is 16.7 Å². The van der Waals surface area contributed by atoms with Gasteiger partial charge in [-0.15, -0.1) is 0 Å². The standard InChI is InChI=1S/C19H24O2/c1-12-6-7-17(15(4)8-12)18(20)11-21-19-10-13(2)9-14(3)16(19)5/h6-10,18,20H,11H2,1-5H3. The predicted molar refractivity (Wildman–Crippen MR) is 87.0 cm³/mol. The van der Waals surface area contributed by atoms with Crippen LogP contribution >= 0.6 is 0 Å². The van der Waals surface area contributed by atoms with Crippen molar-refractivity contribution in [2.24, 2.45) is 0 Å². The summed E-state index contributed by atoms with van der Waals surface area (Å²) in [5.41, 5.74) is 6.76. The predicted octanol–water partition coefficient (Wildman–Crippen LogP) is 4.34. The molecule has 0 aliphatic rings. The Morgan fingerprint density at radius 2 is 1.57 bits per heavy atom. The monoisotopic (exact) mass is 284 g/mol. The molecule has 2 aromatic rings. The van der Waals surface area contributed by atoms with Crippen LogP contribution in [0.15, 0.2) is 30.3 Å². The van der Waals surface area contributed by atoms with Crippen LogP contribution in [0.4, 0.5) is 0 Å². The van der Waals surface area contributed by atoms with E-state index in [1.54, 1.807) is 0 Å². The van der Waals surface area contributed by atoms with Crippen LogP contribution in [0.1, 0.15) is 39.5 Å². The van der Waals surface area contributed by atoms with Crippen molar-refractivity contribution in [1.29, 1.82) is 0 Å². The lowest BCUT2D eigenvalue weighted by Gasteiger charge is -2.17. The third-order valence-electron chi connectivity index (χ3n) is 3.95. The first kappa shape index (κ1) is 15.6. The zero-order valence-corrected chi connectivity index (χ0v) is 13.5. The summed E-state index contributed by atoms with van der Waals surface area (Å²) in [6, 6.07) is 10.3. The summed E-state index contributed by atoms with van der Waals surface area (Å²) >= 11 is 0. The van der Waals surface area contributed by atoms with E-state index in [0.29, 0.717) is 0 Å². The molecule has 2 rings (SSSR count). The van der Waals surface area contributed by atoms with Crippen LogP contribution in [0.5, 0.6) is 5.75 Å². The number of benzene rings is 2. The SMILES string of the molecule is Cc1ccc(C(O)COc2cc(C)cc(C)c2C)c(C)c1. The molecule has 0 radical (unpaired) electrons. The highest BCUT2D eigenvalue weighted by Gasteiger charge is 2.12. The van der Waals surface area contributed by atoms with Gasteiger partial charge in [0.25, 0.3) is 0 Å². The highest BCUT2D eigenvalue weighted by Crippen LogP contribution is 2.25. The zero-order chi connectivity index (χ0) is 15.6. The first-order valence-electron chi connectivity index (χ1n) is 7.34. The summed E-state index contributed by atoms with van der Waals surface area (Å²) in [5, 5.41) is 10.4. The molecule has 2 aromatic carbocycles. The largest absolute Gasteiger partial charge is 0.490 e. The van der Waals surface area contributed by atoms with Crippen molar-refractivity contribution >= 4 is 0 Å². The lowest BCUT2D eigenvalue weighted by molar-refractivity contribution is 0.107. The minimum Gasteiger partial charge on any atom is -0.490 e. The third-order valence-corrected chi connectivity index (χ3v) is 3.95. The molecular formula is C19H24O2. The summed E-state index contributed by atoms with van der Waals surface area (Å²) in [5.74, 6) is 0.858. The van der Waals surface area contributed by atoms with Gasteiger partial charge >= 0.3 is 0 Å². The molecule has 112 valence electrons. The topological polar surface area (TPSA) is 29.5 Å². The summed E-state index contributed by atoms with van der Waals surface area (Å²) in [4.78, 5) is 0. The maximum absolute atomic E-state index is 10.4. The molecule has 1 unspecified atom stereocenters. The Morgan fingerprint density at radius 3 is 2.24 bits per heavy atom. The van der Waals surface area contributed by atoms with E-state index in [2.05, 4.69) is 32.9 Å². The van der Waals surface area contributed by atoms with Crippen LogP contribution in [0.2, 0.25) is 0 Å². The van der Waals surface area contributed by atoms with E-state index in [0.717, 1.165) is 22.4 Å². The first-order valence-corrected chi connectivity index (χ1v) is 7.34. The fourth-order valence-corrected chi connectivity index (χ4v) is 2.61. The summed E-state index contributed by atoms with van der Waals surface area (Å²) in [7, 11) is 0. The lowest BCUT2D eigenvalue weighted by atomic mass is 10.0. The number of aliphatic hydroxyl groups is 1. The van der Waals surface area contributed by atoms with Gasteiger partial charge in [-0.25, -0.2) is 0 Å². The molecule has 2 heteroatoms. The van der Waals surface area contributed by atoms with Crippen molar-refractivity contribution in [2.75, 3.05) is 6.61 Å². The molecule has 0 bridgehead atoms. The molecule has 0 fully saturated rings. The van der Waals surface area contributed by atoms with Gasteiger partial charge in [0.05, 0.1) is 0 Å². The molecular weight excluding hydrogens is 260 g/mol. The normalized spacial score (nSPS) is 12.3. The van der Waals surface area contributed by atoms with Crippen LogP contribution in [-0.2, 0) is 0 Å². The van der Waals surface area contributed by atoms with Gasteiger partial charge in [0, 0.05) is 0 Å². The third kappa shape index (κ3) is 3.64. The minimum absolute atomic E-state index is 0.271. The van der Waals surface area contributed by atoms with E-state index < -0.39 is 6.10 Å². The van der Waals surface area contributed by atoms with Crippen LogP contribution in [0, 0.1) is 34.6 Å². The molecule has 1 atom stereocenters. The average molecular weight is 284 g/mol. The van der Waals surface area contributed by atoms with Crippen molar-refractivity contribution in [2.45, 2.75) is 40.7 Å². The van der Waals surface area contributed by atoms with Gasteiger partial charge in [-0.3, -0.25) is 0 Å². The van der Waals surface area contributed by atoms with Gasteiger partial charge < -0.3 is 9.84 Å². The van der Waals surface area contributed by atoms with E-state index >= 15 is 0 Å². The molecule has 1 N–H and O–H groups in total. The highest BCUT2D eigenvalue weighted by molar-refractivity contribution is 5.42. The van der Waals surface area contributed by atoms with Crippen LogP contribution in [0.3, 0.4) is 0 Å². The summed E-state index contributed by atoms with van der Waals surface area (Å²) in [6.45, 7) is 10.5. The minimum atomic E-state index is -0.606. The molecule has 0 spiro atoms. The van der Waals surface area contributed by atoms with E-state index in [9.17, 15) is 5.11 Å². The van der Waals surface area contributed by atoms with Crippen molar-refractivity contribution in [3.63, 3.8) is 0 Å². The summed E-state index contributed by atoms with van der Waals surface area (Å²) in [6.07, 6.45) is -0.606. The Kier molecular flexibility index (Phi) is 4.69. The van der Waals surface area contributed by atoms with Gasteiger partial charge in [0.1, 0.15) is 18.5 Å². The molecule has 0 aliphatic heterocycles. The van der Waals surface area contributed by atoms with Gasteiger partial charge in [0.2, 0.25) is 0 Å². The zero-order valence-electron chi connectivity index (χ0n) is 13.5. The smallest absolute Gasteiger partial charge is 0.122 e. The maximum Gasteiger partial charge on any atom is 0.122 e. The van der Waals surface area contributed by atoms with Crippen molar-refractivity contribution in [1.82, 2.24) is 0 Å². The number of hydrogen-bond acceptors (Lipinski definition) is 2. The van der Waals surface area contributed by atoms with Crippen LogP contribution in [0.25, 0.3) is 0 Å². The number of aliphatic hydroxyl groups excluding tert-OH is 1. The van der Waals surface area contributed by atoms with E-state index in [1.807, 2.05) is 32.0 Å². The number of rotatable bonds is 4. The molecule has 0 heterocycles. The second kappa shape index (κ2) is 6.31. The van der Waals surface area contributed by atoms with Crippen molar-refractivity contribution < 1.29 is 9.84 Å². The van der Waals surface area contributed by atoms with Crippen LogP contribution in [-0.4, -0.2) is 11.7 Å².